The van der Waals surface area contributed by atoms with Crippen molar-refractivity contribution in [2.24, 2.45) is 34.5 Å². The first-order valence-electron chi connectivity index (χ1n) is 9.88. The summed E-state index contributed by atoms with van der Waals surface area (Å²) in [5.74, 6) is 2.61. The molecule has 0 aromatic heterocycles. The van der Waals surface area contributed by atoms with Crippen LogP contribution in [0.5, 0.6) is 0 Å². The van der Waals surface area contributed by atoms with Crippen LogP contribution in [0.15, 0.2) is 12.2 Å². The number of ether oxygens (including phenoxy) is 1. The van der Waals surface area contributed by atoms with Gasteiger partial charge in [0.15, 0.2) is 0 Å². The number of rotatable bonds is 1. The molecule has 0 bridgehead atoms. The van der Waals surface area contributed by atoms with E-state index >= 15 is 0 Å². The van der Waals surface area contributed by atoms with Gasteiger partial charge in [0.25, 0.3) is 0 Å². The Kier molecular flexibility index (Phi) is 3.87. The van der Waals surface area contributed by atoms with Gasteiger partial charge in [0.1, 0.15) is 6.10 Å². The molecule has 0 spiro atoms. The maximum atomic E-state index is 11.3. The fourth-order valence-electron chi connectivity index (χ4n) is 6.99. The van der Waals surface area contributed by atoms with Crippen LogP contribution in [0.25, 0.3) is 0 Å². The van der Waals surface area contributed by atoms with E-state index in [4.69, 9.17) is 4.74 Å². The van der Waals surface area contributed by atoms with Crippen molar-refractivity contribution < 1.29 is 14.6 Å². The Hall–Kier alpha value is -0.830. The Bertz CT molecular complexity index is 555. The number of hydrogen-bond acceptors (Lipinski definition) is 3. The number of esters is 1. The summed E-state index contributed by atoms with van der Waals surface area (Å²) in [4.78, 5) is 11.3. The molecule has 0 heterocycles. The average Bonchev–Trinajstić information content (AvgIpc) is 2.83. The van der Waals surface area contributed by atoms with Gasteiger partial charge in [0.2, 0.25) is 0 Å². The number of hydrogen-bond donors (Lipinski definition) is 1. The molecule has 0 saturated heterocycles. The SMILES string of the molecule is CC(=O)O[C@H]1CC[C@@]2(C)C(CCC3C2CC[C@@]2(C)C3C=C[C@@H]2O)C1. The van der Waals surface area contributed by atoms with Gasteiger partial charge in [0.05, 0.1) is 6.10 Å². The topological polar surface area (TPSA) is 46.5 Å². The molecule has 8 atom stereocenters. The lowest BCUT2D eigenvalue weighted by Gasteiger charge is -2.60. The summed E-state index contributed by atoms with van der Waals surface area (Å²) >= 11 is 0. The second-order valence-corrected chi connectivity index (χ2v) is 9.46. The van der Waals surface area contributed by atoms with E-state index in [0.29, 0.717) is 17.3 Å². The third kappa shape index (κ3) is 2.30. The Labute approximate surface area is 145 Å². The van der Waals surface area contributed by atoms with Crippen LogP contribution >= 0.6 is 0 Å². The van der Waals surface area contributed by atoms with E-state index in [0.717, 1.165) is 31.1 Å². The third-order valence-electron chi connectivity index (χ3n) is 8.42. The number of carbonyl (C=O) groups excluding carboxylic acids is 1. The summed E-state index contributed by atoms with van der Waals surface area (Å²) in [7, 11) is 0. The van der Waals surface area contributed by atoms with Crippen LogP contribution in [0.4, 0.5) is 0 Å². The van der Waals surface area contributed by atoms with Gasteiger partial charge in [-0.05, 0) is 74.0 Å². The van der Waals surface area contributed by atoms with Crippen molar-refractivity contribution in [3.8, 4) is 0 Å². The summed E-state index contributed by atoms with van der Waals surface area (Å²) in [6.45, 7) is 6.34. The molecule has 3 heteroatoms. The van der Waals surface area contributed by atoms with E-state index in [1.807, 2.05) is 0 Å². The fourth-order valence-corrected chi connectivity index (χ4v) is 6.99. The average molecular weight is 332 g/mol. The minimum Gasteiger partial charge on any atom is -0.463 e. The summed E-state index contributed by atoms with van der Waals surface area (Å²) in [6, 6.07) is 0. The quantitative estimate of drug-likeness (QED) is 0.581. The van der Waals surface area contributed by atoms with Gasteiger partial charge in [-0.1, -0.05) is 26.0 Å². The van der Waals surface area contributed by atoms with Crippen molar-refractivity contribution in [1.82, 2.24) is 0 Å². The molecule has 3 saturated carbocycles. The van der Waals surface area contributed by atoms with Crippen molar-refractivity contribution >= 4 is 5.97 Å². The predicted octanol–water partition coefficient (Wildman–Crippen LogP) is 4.10. The highest BCUT2D eigenvalue weighted by molar-refractivity contribution is 5.66. The second-order valence-electron chi connectivity index (χ2n) is 9.46. The van der Waals surface area contributed by atoms with Crippen LogP contribution in [-0.4, -0.2) is 23.3 Å². The van der Waals surface area contributed by atoms with Crippen molar-refractivity contribution in [3.05, 3.63) is 12.2 Å². The van der Waals surface area contributed by atoms with Gasteiger partial charge in [0, 0.05) is 12.3 Å². The highest BCUT2D eigenvalue weighted by atomic mass is 16.5. The Morgan fingerprint density at radius 3 is 2.58 bits per heavy atom. The molecular weight excluding hydrogens is 300 g/mol. The van der Waals surface area contributed by atoms with Crippen molar-refractivity contribution in [2.75, 3.05) is 0 Å². The van der Waals surface area contributed by atoms with E-state index in [1.165, 1.54) is 32.6 Å². The molecule has 4 rings (SSSR count). The van der Waals surface area contributed by atoms with Gasteiger partial charge in [-0.2, -0.15) is 0 Å². The first-order chi connectivity index (χ1) is 11.3. The number of carbonyl (C=O) groups is 1. The highest BCUT2D eigenvalue weighted by Gasteiger charge is 2.59. The molecule has 4 aliphatic rings. The molecule has 0 amide bonds. The maximum absolute atomic E-state index is 11.3. The van der Waals surface area contributed by atoms with Crippen molar-refractivity contribution in [3.63, 3.8) is 0 Å². The van der Waals surface area contributed by atoms with Gasteiger partial charge in [-0.3, -0.25) is 4.79 Å². The molecule has 1 N–H and O–H groups in total. The van der Waals surface area contributed by atoms with E-state index in [1.54, 1.807) is 0 Å². The largest absolute Gasteiger partial charge is 0.463 e. The van der Waals surface area contributed by atoms with E-state index in [9.17, 15) is 9.90 Å². The van der Waals surface area contributed by atoms with E-state index in [2.05, 4.69) is 26.0 Å². The van der Waals surface area contributed by atoms with Crippen LogP contribution in [0.3, 0.4) is 0 Å². The van der Waals surface area contributed by atoms with Crippen LogP contribution in [0, 0.1) is 34.5 Å². The van der Waals surface area contributed by atoms with E-state index < -0.39 is 0 Å². The zero-order valence-corrected chi connectivity index (χ0v) is 15.3. The van der Waals surface area contributed by atoms with Crippen LogP contribution in [0.1, 0.15) is 65.7 Å². The Morgan fingerprint density at radius 1 is 1.08 bits per heavy atom. The molecule has 4 unspecified atom stereocenters. The zero-order chi connectivity index (χ0) is 17.1. The number of aliphatic hydroxyl groups excluding tert-OH is 1. The smallest absolute Gasteiger partial charge is 0.302 e. The lowest BCUT2D eigenvalue weighted by Crippen LogP contribution is -2.54. The Balaban J connectivity index is 1.54. The molecule has 3 nitrogen and oxygen atoms in total. The highest BCUT2D eigenvalue weighted by Crippen LogP contribution is 2.65. The van der Waals surface area contributed by atoms with Crippen LogP contribution < -0.4 is 0 Å². The fraction of sp³-hybridized carbons (Fsp3) is 0.857. The van der Waals surface area contributed by atoms with Gasteiger partial charge in [-0.25, -0.2) is 0 Å². The summed E-state index contributed by atoms with van der Waals surface area (Å²) < 4.78 is 5.54. The van der Waals surface area contributed by atoms with E-state index in [-0.39, 0.29) is 23.6 Å². The zero-order valence-electron chi connectivity index (χ0n) is 15.3. The molecule has 0 radical (unpaired) electrons. The van der Waals surface area contributed by atoms with Gasteiger partial charge >= 0.3 is 5.97 Å². The molecule has 3 fully saturated rings. The van der Waals surface area contributed by atoms with Gasteiger partial charge < -0.3 is 9.84 Å². The predicted molar refractivity (Wildman–Crippen MR) is 93.2 cm³/mol. The normalized spacial score (nSPS) is 53.0. The van der Waals surface area contributed by atoms with Crippen LogP contribution in [-0.2, 0) is 9.53 Å². The minimum atomic E-state index is -0.256. The first-order valence-corrected chi connectivity index (χ1v) is 9.88. The second kappa shape index (κ2) is 5.59. The maximum Gasteiger partial charge on any atom is 0.302 e. The number of allylic oxidation sites excluding steroid dienone is 1. The minimum absolute atomic E-state index is 0.0688. The van der Waals surface area contributed by atoms with Crippen LogP contribution in [0.2, 0.25) is 0 Å². The third-order valence-corrected chi connectivity index (χ3v) is 8.42. The summed E-state index contributed by atoms with van der Waals surface area (Å²) in [5, 5.41) is 10.5. The molecule has 4 aliphatic carbocycles. The first kappa shape index (κ1) is 16.6. The van der Waals surface area contributed by atoms with Crippen molar-refractivity contribution in [2.45, 2.75) is 77.9 Å². The molecule has 134 valence electrons. The molecule has 0 aromatic rings. The van der Waals surface area contributed by atoms with Gasteiger partial charge in [-0.15, -0.1) is 0 Å². The molecule has 0 aromatic carbocycles. The molecule has 0 aliphatic heterocycles. The number of aliphatic hydroxyl groups is 1. The summed E-state index contributed by atoms with van der Waals surface area (Å²) in [6.07, 6.45) is 12.5. The molecular formula is C21H32O3. The lowest BCUT2D eigenvalue weighted by molar-refractivity contribution is -0.160. The number of fused-ring (bicyclic) bond motifs is 5. The lowest BCUT2D eigenvalue weighted by atomic mass is 9.45. The summed E-state index contributed by atoms with van der Waals surface area (Å²) in [5.41, 5.74) is 0.460. The molecule has 24 heavy (non-hydrogen) atoms. The Morgan fingerprint density at radius 2 is 1.83 bits per heavy atom. The monoisotopic (exact) mass is 332 g/mol. The van der Waals surface area contributed by atoms with Crippen molar-refractivity contribution in [1.29, 1.82) is 0 Å². The standard InChI is InChI=1S/C21H32O3/c1-13(22)24-15-8-10-20(2)14(12-15)4-5-16-17-6-7-19(23)21(17,3)11-9-18(16)20/h6-7,14-19,23H,4-5,8-12H2,1-3H3/t14?,15-,16?,17?,18?,19-,20-,21-/m0/s1.